The molecule has 0 radical (unpaired) electrons. The molecule has 0 aliphatic rings. The standard InChI is InChI=1S/C14H19N5/c1-11(2)9-17-13-5-8-16-14(19-13)18-10-12-3-6-15-7-4-12/h3-8,11H,9-10H2,1-2H3,(H2,16,17,18,19). The van der Waals surface area contributed by atoms with Crippen molar-refractivity contribution < 1.29 is 0 Å². The minimum Gasteiger partial charge on any atom is -0.370 e. The van der Waals surface area contributed by atoms with Crippen molar-refractivity contribution in [2.24, 2.45) is 5.92 Å². The van der Waals surface area contributed by atoms with Gasteiger partial charge < -0.3 is 10.6 Å². The van der Waals surface area contributed by atoms with Gasteiger partial charge in [-0.2, -0.15) is 4.98 Å². The third-order valence-electron chi connectivity index (χ3n) is 2.55. The van der Waals surface area contributed by atoms with Gasteiger partial charge >= 0.3 is 0 Å². The van der Waals surface area contributed by atoms with Gasteiger partial charge in [0.15, 0.2) is 0 Å². The van der Waals surface area contributed by atoms with E-state index < -0.39 is 0 Å². The third kappa shape index (κ3) is 4.54. The molecule has 0 spiro atoms. The summed E-state index contributed by atoms with van der Waals surface area (Å²) in [6, 6.07) is 5.81. The summed E-state index contributed by atoms with van der Waals surface area (Å²) in [5.74, 6) is 2.06. The molecular weight excluding hydrogens is 238 g/mol. The second kappa shape index (κ2) is 6.68. The first-order chi connectivity index (χ1) is 9.24. The van der Waals surface area contributed by atoms with Crippen LogP contribution in [0.2, 0.25) is 0 Å². The Hall–Kier alpha value is -2.17. The van der Waals surface area contributed by atoms with Crippen molar-refractivity contribution in [2.75, 3.05) is 17.2 Å². The molecule has 19 heavy (non-hydrogen) atoms. The molecule has 0 bridgehead atoms. The van der Waals surface area contributed by atoms with Crippen LogP contribution in [0.15, 0.2) is 36.8 Å². The fraction of sp³-hybridized carbons (Fsp3) is 0.357. The van der Waals surface area contributed by atoms with Gasteiger partial charge in [-0.25, -0.2) is 4.98 Å². The predicted octanol–water partition coefficient (Wildman–Crippen LogP) is 2.55. The van der Waals surface area contributed by atoms with Crippen molar-refractivity contribution in [2.45, 2.75) is 20.4 Å². The lowest BCUT2D eigenvalue weighted by Crippen LogP contribution is -2.11. The van der Waals surface area contributed by atoms with E-state index in [1.807, 2.05) is 18.2 Å². The van der Waals surface area contributed by atoms with E-state index in [4.69, 9.17) is 0 Å². The zero-order valence-corrected chi connectivity index (χ0v) is 11.3. The van der Waals surface area contributed by atoms with Gasteiger partial charge in [0.05, 0.1) is 0 Å². The van der Waals surface area contributed by atoms with Crippen molar-refractivity contribution in [1.82, 2.24) is 15.0 Å². The van der Waals surface area contributed by atoms with Crippen LogP contribution in [0.3, 0.4) is 0 Å². The molecule has 0 aliphatic carbocycles. The molecule has 0 saturated heterocycles. The molecule has 100 valence electrons. The molecular formula is C14H19N5. The molecule has 2 rings (SSSR count). The van der Waals surface area contributed by atoms with E-state index in [9.17, 15) is 0 Å². The molecule has 2 aromatic rings. The second-order valence-corrected chi connectivity index (χ2v) is 4.75. The number of nitrogens with zero attached hydrogens (tertiary/aromatic N) is 3. The summed E-state index contributed by atoms with van der Waals surface area (Å²) in [4.78, 5) is 12.6. The summed E-state index contributed by atoms with van der Waals surface area (Å²) in [6.45, 7) is 5.92. The van der Waals surface area contributed by atoms with Gasteiger partial charge in [-0.3, -0.25) is 4.98 Å². The number of rotatable bonds is 6. The highest BCUT2D eigenvalue weighted by Gasteiger charge is 2.00. The highest BCUT2D eigenvalue weighted by atomic mass is 15.1. The maximum Gasteiger partial charge on any atom is 0.224 e. The fourth-order valence-electron chi connectivity index (χ4n) is 1.53. The van der Waals surface area contributed by atoms with Crippen molar-refractivity contribution in [3.8, 4) is 0 Å². The first-order valence-corrected chi connectivity index (χ1v) is 6.44. The molecule has 0 atom stereocenters. The predicted molar refractivity (Wildman–Crippen MR) is 76.9 cm³/mol. The molecule has 0 unspecified atom stereocenters. The van der Waals surface area contributed by atoms with Gasteiger partial charge in [0.2, 0.25) is 5.95 Å². The lowest BCUT2D eigenvalue weighted by atomic mass is 10.2. The monoisotopic (exact) mass is 257 g/mol. The molecule has 0 fully saturated rings. The van der Waals surface area contributed by atoms with Crippen LogP contribution in [-0.2, 0) is 6.54 Å². The third-order valence-corrected chi connectivity index (χ3v) is 2.55. The number of hydrogen-bond donors (Lipinski definition) is 2. The molecule has 0 saturated carbocycles. The van der Waals surface area contributed by atoms with E-state index in [0.29, 0.717) is 18.4 Å². The lowest BCUT2D eigenvalue weighted by molar-refractivity contribution is 0.687. The van der Waals surface area contributed by atoms with Crippen LogP contribution >= 0.6 is 0 Å². The molecule has 0 aliphatic heterocycles. The largest absolute Gasteiger partial charge is 0.370 e. The SMILES string of the molecule is CC(C)CNc1ccnc(NCc2ccncc2)n1. The van der Waals surface area contributed by atoms with E-state index in [1.165, 1.54) is 0 Å². The van der Waals surface area contributed by atoms with Crippen LogP contribution in [-0.4, -0.2) is 21.5 Å². The number of hydrogen-bond acceptors (Lipinski definition) is 5. The molecule has 0 aromatic carbocycles. The smallest absolute Gasteiger partial charge is 0.224 e. The number of anilines is 2. The second-order valence-electron chi connectivity index (χ2n) is 4.75. The minimum atomic E-state index is 0.586. The Kier molecular flexibility index (Phi) is 4.66. The Morgan fingerprint density at radius 3 is 2.58 bits per heavy atom. The fourth-order valence-corrected chi connectivity index (χ4v) is 1.53. The average molecular weight is 257 g/mol. The Morgan fingerprint density at radius 1 is 1.05 bits per heavy atom. The molecule has 2 N–H and O–H groups in total. The summed E-state index contributed by atoms with van der Waals surface area (Å²) in [6.07, 6.45) is 5.31. The Bertz CT molecular complexity index is 498. The van der Waals surface area contributed by atoms with Crippen molar-refractivity contribution in [3.05, 3.63) is 42.4 Å². The highest BCUT2D eigenvalue weighted by molar-refractivity contribution is 5.39. The van der Waals surface area contributed by atoms with Crippen LogP contribution in [0.1, 0.15) is 19.4 Å². The Balaban J connectivity index is 1.91. The first kappa shape index (κ1) is 13.3. The van der Waals surface area contributed by atoms with E-state index in [2.05, 4.69) is 39.4 Å². The zero-order chi connectivity index (χ0) is 13.5. The quantitative estimate of drug-likeness (QED) is 0.832. The summed E-state index contributed by atoms with van der Waals surface area (Å²) >= 11 is 0. The van der Waals surface area contributed by atoms with Crippen molar-refractivity contribution >= 4 is 11.8 Å². The normalized spacial score (nSPS) is 10.5. The van der Waals surface area contributed by atoms with Crippen molar-refractivity contribution in [3.63, 3.8) is 0 Å². The van der Waals surface area contributed by atoms with Gasteiger partial charge in [-0.05, 0) is 29.7 Å². The van der Waals surface area contributed by atoms with Gasteiger partial charge in [-0.15, -0.1) is 0 Å². The molecule has 2 aromatic heterocycles. The maximum atomic E-state index is 4.41. The van der Waals surface area contributed by atoms with Crippen LogP contribution in [0, 0.1) is 5.92 Å². The Morgan fingerprint density at radius 2 is 1.84 bits per heavy atom. The van der Waals surface area contributed by atoms with Gasteiger partial charge in [0.1, 0.15) is 5.82 Å². The van der Waals surface area contributed by atoms with E-state index in [-0.39, 0.29) is 0 Å². The summed E-state index contributed by atoms with van der Waals surface area (Å²) < 4.78 is 0. The number of aromatic nitrogens is 3. The van der Waals surface area contributed by atoms with E-state index in [0.717, 1.165) is 17.9 Å². The van der Waals surface area contributed by atoms with Gasteiger partial charge in [0.25, 0.3) is 0 Å². The van der Waals surface area contributed by atoms with E-state index in [1.54, 1.807) is 18.6 Å². The summed E-state index contributed by atoms with van der Waals surface area (Å²) in [5, 5.41) is 6.48. The maximum absolute atomic E-state index is 4.41. The molecule has 5 nitrogen and oxygen atoms in total. The number of nitrogens with one attached hydrogen (secondary N) is 2. The lowest BCUT2D eigenvalue weighted by Gasteiger charge is -2.09. The molecule has 5 heteroatoms. The van der Waals surface area contributed by atoms with Crippen LogP contribution < -0.4 is 10.6 Å². The molecule has 2 heterocycles. The number of pyridine rings is 1. The highest BCUT2D eigenvalue weighted by Crippen LogP contribution is 2.08. The summed E-state index contributed by atoms with van der Waals surface area (Å²) in [5.41, 5.74) is 1.15. The van der Waals surface area contributed by atoms with E-state index >= 15 is 0 Å². The average Bonchev–Trinajstić information content (AvgIpc) is 2.44. The van der Waals surface area contributed by atoms with Crippen molar-refractivity contribution in [1.29, 1.82) is 0 Å². The molecule has 0 amide bonds. The van der Waals surface area contributed by atoms with Crippen LogP contribution in [0.25, 0.3) is 0 Å². The van der Waals surface area contributed by atoms with Gasteiger partial charge in [-0.1, -0.05) is 13.8 Å². The van der Waals surface area contributed by atoms with Gasteiger partial charge in [0, 0.05) is 31.7 Å². The first-order valence-electron chi connectivity index (χ1n) is 6.44. The van der Waals surface area contributed by atoms with Crippen LogP contribution in [0.5, 0.6) is 0 Å². The zero-order valence-electron chi connectivity index (χ0n) is 11.3. The van der Waals surface area contributed by atoms with Crippen LogP contribution in [0.4, 0.5) is 11.8 Å². The minimum absolute atomic E-state index is 0.586. The topological polar surface area (TPSA) is 62.7 Å². The summed E-state index contributed by atoms with van der Waals surface area (Å²) in [7, 11) is 0. The Labute approximate surface area is 113 Å².